The molecule has 8 rings (SSSR count). The van der Waals surface area contributed by atoms with Gasteiger partial charge in [0.05, 0.1) is 0 Å². The van der Waals surface area contributed by atoms with E-state index in [4.69, 9.17) is 48.2 Å². The fourth-order valence-electron chi connectivity index (χ4n) is 10.8. The minimum Gasteiger partial charge on any atom is -0.502 e. The molecule has 0 aliphatic carbocycles. The van der Waals surface area contributed by atoms with Crippen LogP contribution in [0.25, 0.3) is 0 Å². The van der Waals surface area contributed by atoms with Crippen LogP contribution in [0.2, 0.25) is 0 Å². The van der Waals surface area contributed by atoms with Crippen LogP contribution in [-0.2, 0) is 36.9 Å². The molecule has 2 aliphatic heterocycles. The van der Waals surface area contributed by atoms with Crippen molar-refractivity contribution in [1.82, 2.24) is 0 Å². The summed E-state index contributed by atoms with van der Waals surface area (Å²) in [5, 5.41) is 0. The summed E-state index contributed by atoms with van der Waals surface area (Å²) in [5.41, 5.74) is 22.8. The summed E-state index contributed by atoms with van der Waals surface area (Å²) < 4.78 is 41.6. The van der Waals surface area contributed by atoms with Gasteiger partial charge in [0.15, 0.2) is 0 Å². The second kappa shape index (κ2) is 27.1. The standard InChI is InChI=1S/2C21H27N2.C20H22O4S.4ClH.2Ru/c2*1-14-9-16(3)20(17(4)10-14)22-7-8-23(13-22)21-18(5)11-15(2)12-19(21)6;1-13(2)23-19-9-7-17(11-15(19)5)25(21,22)18-8-10-20(16(6)12-18)24-14(3)4;;;;;;/h2*9-13H,7-8H2,1-6H3;5-14H,1-4H3;4*1H;;/q2*-1;;;;;;2*+2/p-4. The Morgan fingerprint density at radius 3 is 0.870 bits per heavy atom. The van der Waals surface area contributed by atoms with Gasteiger partial charge in [0, 0.05) is 48.9 Å². The predicted octanol–water partition coefficient (Wildman–Crippen LogP) is 16.2. The average molecular weight is 1320 g/mol. The molecule has 0 radical (unpaired) electrons. The van der Waals surface area contributed by atoms with Crippen LogP contribution in [0.5, 0.6) is 11.5 Å². The molecule has 0 amide bonds. The number of sulfone groups is 1. The first-order valence-corrected chi connectivity index (χ1v) is 38.2. The van der Waals surface area contributed by atoms with Crippen molar-refractivity contribution in [2.45, 2.75) is 133 Å². The van der Waals surface area contributed by atoms with Gasteiger partial charge in [-0.2, -0.15) is 13.3 Å². The number of rotatable bonds is 12. The predicted molar refractivity (Wildman–Crippen MR) is 324 cm³/mol. The smallest absolute Gasteiger partial charge is 0.0146 e. The van der Waals surface area contributed by atoms with Crippen LogP contribution in [0.4, 0.5) is 22.7 Å². The van der Waals surface area contributed by atoms with E-state index >= 15 is 0 Å². The Balaban J connectivity index is 0.000000190. The number of benzene rings is 6. The normalized spacial score (nSPS) is 13.8. The third-order valence-electron chi connectivity index (χ3n) is 13.1. The minimum absolute atomic E-state index is 0.0872. The van der Waals surface area contributed by atoms with Crippen LogP contribution in [-0.4, -0.2) is 56.0 Å². The van der Waals surface area contributed by atoms with E-state index in [0.717, 1.165) is 26.2 Å². The molecule has 0 bridgehead atoms. The Hall–Kier alpha value is -3.78. The van der Waals surface area contributed by atoms with Crippen LogP contribution < -0.4 is 29.1 Å². The van der Waals surface area contributed by atoms with Crippen molar-refractivity contribution in [3.05, 3.63) is 176 Å². The number of hydrogen-bond donors (Lipinski definition) is 0. The van der Waals surface area contributed by atoms with Crippen LogP contribution in [0.15, 0.2) is 94.7 Å². The Labute approximate surface area is 487 Å². The van der Waals surface area contributed by atoms with Gasteiger partial charge in [-0.05, 0) is 128 Å². The van der Waals surface area contributed by atoms with E-state index in [9.17, 15) is 8.42 Å². The molecular weight excluding hydrogens is 1240 g/mol. The first kappa shape index (κ1) is 62.4. The van der Waals surface area contributed by atoms with Crippen LogP contribution in [0, 0.1) is 96.4 Å². The van der Waals surface area contributed by atoms with Crippen molar-refractivity contribution >= 4 is 80.6 Å². The van der Waals surface area contributed by atoms with Gasteiger partial charge >= 0.3 is 211 Å². The summed E-state index contributed by atoms with van der Waals surface area (Å²) in [6, 6.07) is 27.5. The fraction of sp³-hybridized carbons (Fsp3) is 0.355. The zero-order chi connectivity index (χ0) is 56.8. The maximum Gasteiger partial charge on any atom is 0.0146 e. The largest absolute Gasteiger partial charge is 0.502 e. The second-order valence-corrected chi connectivity index (χ2v) is 34.2. The van der Waals surface area contributed by atoms with Gasteiger partial charge < -0.3 is 19.6 Å². The number of hydrogen-bond acceptors (Lipinski definition) is 8. The second-order valence-electron chi connectivity index (χ2n) is 20.8. The molecule has 15 heteroatoms. The molecule has 2 fully saturated rings. The SMILES string of the molecule is CC(C)Oc1ccc(S(=O)(=O)c2ccc(OC(C)C)c([CH]=[Ru]([Cl])[Cl])c2)cc1[CH]=[Ru]([Cl])[Cl].Cc1cc(C)c(N2[CH-]N(c3c(C)cc(C)cc3C)CC2)c(C)c1.Cc1cc(C)c(N2[CH-]N(c3c(C)cc(C)cc3C)CC2)c(C)c1. The molecule has 0 unspecified atom stereocenters. The van der Waals surface area contributed by atoms with Gasteiger partial charge in [0.25, 0.3) is 0 Å². The summed E-state index contributed by atoms with van der Waals surface area (Å²) in [6.07, 6.45) is -0.174. The van der Waals surface area contributed by atoms with Gasteiger partial charge in [0.1, 0.15) is 0 Å². The molecule has 77 heavy (non-hydrogen) atoms. The van der Waals surface area contributed by atoms with Crippen molar-refractivity contribution in [1.29, 1.82) is 0 Å². The third-order valence-corrected chi connectivity index (χ3v) is 18.5. The van der Waals surface area contributed by atoms with Gasteiger partial charge in [0.2, 0.25) is 0 Å². The number of ether oxygens (including phenoxy) is 2. The molecule has 2 aliphatic rings. The van der Waals surface area contributed by atoms with Crippen molar-refractivity contribution in [3.63, 3.8) is 0 Å². The van der Waals surface area contributed by atoms with Crippen molar-refractivity contribution in [2.75, 3.05) is 45.8 Å². The molecule has 0 saturated carbocycles. The molecule has 6 aromatic rings. The molecule has 2 heterocycles. The summed E-state index contributed by atoms with van der Waals surface area (Å²) in [4.78, 5) is 9.83. The molecule has 0 N–H and O–H groups in total. The van der Waals surface area contributed by atoms with E-state index in [1.807, 2.05) is 27.7 Å². The average Bonchev–Trinajstić information content (AvgIpc) is 3.96. The van der Waals surface area contributed by atoms with Gasteiger partial charge in [-0.3, -0.25) is 0 Å². The molecule has 0 spiro atoms. The first-order chi connectivity index (χ1) is 36.1. The van der Waals surface area contributed by atoms with E-state index in [2.05, 4.69) is 165 Å². The van der Waals surface area contributed by atoms with Crippen LogP contribution in [0.3, 0.4) is 0 Å². The maximum absolute atomic E-state index is 13.4. The molecular formula is C62H76Cl4N4O4Ru2S-2. The molecule has 2 saturated heterocycles. The molecule has 6 aromatic carbocycles. The van der Waals surface area contributed by atoms with Crippen molar-refractivity contribution in [3.8, 4) is 11.5 Å². The summed E-state index contributed by atoms with van der Waals surface area (Å²) in [6.45, 7) is 42.7. The van der Waals surface area contributed by atoms with Gasteiger partial charge in [-0.1, -0.05) is 70.8 Å². The first-order valence-electron chi connectivity index (χ1n) is 25.7. The van der Waals surface area contributed by atoms with E-state index in [0.29, 0.717) is 22.6 Å². The van der Waals surface area contributed by atoms with Gasteiger partial charge in [-0.15, -0.1) is 0 Å². The molecule has 0 aromatic heterocycles. The summed E-state index contributed by atoms with van der Waals surface area (Å²) in [5.74, 6) is 1.06. The third kappa shape index (κ3) is 16.2. The number of anilines is 4. The number of halogens is 4. The quantitative estimate of drug-likeness (QED) is 0.0887. The summed E-state index contributed by atoms with van der Waals surface area (Å²) >= 11 is -4.42. The van der Waals surface area contributed by atoms with E-state index < -0.39 is 36.9 Å². The molecule has 0 atom stereocenters. The van der Waals surface area contributed by atoms with Crippen molar-refractivity contribution in [2.24, 2.45) is 0 Å². The minimum atomic E-state index is -3.84. The molecule has 8 nitrogen and oxygen atoms in total. The van der Waals surface area contributed by atoms with Crippen molar-refractivity contribution < 1.29 is 44.9 Å². The fourth-order valence-corrected chi connectivity index (χ4v) is 15.6. The Kier molecular flexibility index (Phi) is 22.0. The maximum atomic E-state index is 13.4. The zero-order valence-corrected chi connectivity index (χ0v) is 54.7. The van der Waals surface area contributed by atoms with E-state index in [1.165, 1.54) is 114 Å². The van der Waals surface area contributed by atoms with E-state index in [1.54, 1.807) is 21.4 Å². The van der Waals surface area contributed by atoms with Crippen LogP contribution >= 0.6 is 38.8 Å². The molecule has 420 valence electrons. The topological polar surface area (TPSA) is 65.6 Å². The Morgan fingerprint density at radius 1 is 0.429 bits per heavy atom. The van der Waals surface area contributed by atoms with Crippen LogP contribution in [0.1, 0.15) is 106 Å². The Bertz CT molecular complexity index is 2870. The monoisotopic (exact) mass is 1320 g/mol. The zero-order valence-electron chi connectivity index (χ0n) is 47.4. The number of nitrogens with zero attached hydrogens (tertiary/aromatic N) is 4. The van der Waals surface area contributed by atoms with E-state index in [-0.39, 0.29) is 22.0 Å². The number of aryl methyl sites for hydroxylation is 12. The van der Waals surface area contributed by atoms with Gasteiger partial charge in [-0.25, -0.2) is 0 Å². The Morgan fingerprint density at radius 2 is 0.662 bits per heavy atom. The summed E-state index contributed by atoms with van der Waals surface area (Å²) in [7, 11) is 20.3.